The molecule has 1 unspecified atom stereocenters. The number of aliphatic carboxylic acids is 4. The van der Waals surface area contributed by atoms with Crippen LogP contribution in [0.1, 0.15) is 146 Å². The van der Waals surface area contributed by atoms with Gasteiger partial charge in [0.05, 0.1) is 51.8 Å². The Morgan fingerprint density at radius 2 is 1.09 bits per heavy atom. The summed E-state index contributed by atoms with van der Waals surface area (Å²) in [4.78, 5) is 273. The fraction of sp³-hybridized carbons (Fsp3) is 0.534. The number of carbonyl (C=O) groups excluding carboxylic acids is 16. The number of Topliss-reactive ketones (excluding diaryl/α,β-unsaturated/α-hetero) is 1. The largest absolute Gasteiger partial charge is 0.481 e. The third kappa shape index (κ3) is 32.1. The van der Waals surface area contributed by atoms with E-state index in [-0.39, 0.29) is 37.1 Å². The van der Waals surface area contributed by atoms with Crippen molar-refractivity contribution in [3.8, 4) is 0 Å². The number of hydrogen-bond acceptors (Lipinski definition) is 24. The number of nitrogens with zero attached hydrogens (tertiary/aromatic N) is 1. The van der Waals surface area contributed by atoms with Gasteiger partial charge in [-0.15, -0.1) is 0 Å². The van der Waals surface area contributed by atoms with Gasteiger partial charge in [0.2, 0.25) is 82.7 Å². The topological polar surface area (TPSA) is 691 Å². The van der Waals surface area contributed by atoms with Crippen LogP contribution in [0.2, 0.25) is 0 Å². The Hall–Kier alpha value is -12.7. The van der Waals surface area contributed by atoms with Crippen LogP contribution in [0.25, 0.3) is 10.9 Å². The van der Waals surface area contributed by atoms with Crippen LogP contribution in [0.5, 0.6) is 0 Å². The number of aliphatic hydroxyl groups excluding tert-OH is 1. The smallest absolute Gasteiger partial charge is 0.329 e. The van der Waals surface area contributed by atoms with Crippen molar-refractivity contribution in [2.45, 2.75) is 209 Å². The molecule has 3 aromatic rings. The first-order valence-corrected chi connectivity index (χ1v) is 37.2. The van der Waals surface area contributed by atoms with Crippen molar-refractivity contribution < 1.29 is 126 Å². The number of cyclic esters (lactones) is 1. The lowest BCUT2D eigenvalue weighted by Crippen LogP contribution is -2.62. The number of anilines is 1. The van der Waals surface area contributed by atoms with Crippen molar-refractivity contribution in [2.24, 2.45) is 24.4 Å². The van der Waals surface area contributed by atoms with Crippen molar-refractivity contribution in [3.05, 3.63) is 65.9 Å². The summed E-state index contributed by atoms with van der Waals surface area (Å²) in [5, 5.41) is 78.8. The minimum atomic E-state index is -2.45. The molecule has 0 bridgehead atoms. The summed E-state index contributed by atoms with van der Waals surface area (Å²) in [6.07, 6.45) is -2.19. The number of benzene rings is 2. The van der Waals surface area contributed by atoms with E-state index in [0.717, 1.165) is 58.4 Å². The average molecular weight is 1630 g/mol. The van der Waals surface area contributed by atoms with Crippen molar-refractivity contribution in [3.63, 3.8) is 0 Å². The molecule has 0 radical (unpaired) electrons. The first kappa shape index (κ1) is 95.7. The molecule has 0 aliphatic carbocycles. The number of unbranched alkanes of at least 4 members (excludes halogenated alkanes) is 6. The Kier molecular flexibility index (Phi) is 39.4. The van der Waals surface area contributed by atoms with Crippen molar-refractivity contribution in [2.75, 3.05) is 32.0 Å². The van der Waals surface area contributed by atoms with Gasteiger partial charge in [-0.1, -0.05) is 82.7 Å². The lowest BCUT2D eigenvalue weighted by atomic mass is 9.96. The molecule has 4 rings (SSSR count). The lowest BCUT2D eigenvalue weighted by molar-refractivity contribution is -0.156. The standard InChI is InChI=1S/C73H103N17O26/c1-6-7-8-9-10-11-12-23-54(94)81-44(26-39-34-90(5)51-22-16-14-18-40(39)51)67(109)84-45(28-53(76)93)68(110)86-48(31-60(103)104)69(111)89-62-38(4)116-73(115)49(27-52(92)41-19-13-15-20-42(41)75)87-72(114)61(36(2)25-57(97)98)88-70(112)50(35-91)82-56(96)32-77-64(106)46(29-58(99)100)83-63(105)37(3)79-66(108)47(30-59(101)102)85-65(107)43(21-17-24-74)80-55(95)33-78-71(62)113/h13-16,18-20,22,34,36-38,43-50,61-62,91H,6-12,17,21,23-33,35,74-75H2,1-5H3,(H2,76,93)(H,77,106)(H,78,113)(H,79,108)(H,80,95)(H,81,94)(H,82,96)(H,83,105)(H,84,109)(H,85,107)(H,86,110)(H,87,114)(H,88,112)(H,89,111)(H,97,98)(H,99,100)(H,101,102)(H,103,104)/t36?,37-,38-,43+,44+,45-,46+,47+,48+,49+,50-,61+,62+/m1/s1. The molecule has 14 amide bonds. The fourth-order valence-corrected chi connectivity index (χ4v) is 12.0. The van der Waals surface area contributed by atoms with E-state index >= 15 is 0 Å². The van der Waals surface area contributed by atoms with Crippen LogP contribution in [-0.2, 0) is 109 Å². The Morgan fingerprint density at radius 1 is 0.560 bits per heavy atom. The Morgan fingerprint density at radius 3 is 1.69 bits per heavy atom. The Bertz CT molecular complexity index is 4100. The number of amides is 14. The number of rotatable bonds is 35. The molecule has 1 saturated heterocycles. The van der Waals surface area contributed by atoms with Gasteiger partial charge in [0.15, 0.2) is 5.78 Å². The zero-order valence-corrected chi connectivity index (χ0v) is 64.5. The number of aryl methyl sites for hydroxylation is 1. The number of primary amides is 1. The van der Waals surface area contributed by atoms with E-state index in [1.54, 1.807) is 42.1 Å². The minimum absolute atomic E-state index is 0.0170. The van der Waals surface area contributed by atoms with Gasteiger partial charge in [-0.2, -0.15) is 0 Å². The van der Waals surface area contributed by atoms with Crippen molar-refractivity contribution in [1.82, 2.24) is 73.7 Å². The molecule has 2 heterocycles. The highest BCUT2D eigenvalue weighted by atomic mass is 16.5. The van der Waals surface area contributed by atoms with Gasteiger partial charge < -0.3 is 121 Å². The third-order valence-corrected chi connectivity index (χ3v) is 18.2. The number of ketones is 1. The summed E-state index contributed by atoms with van der Waals surface area (Å²) < 4.78 is 7.45. The molecule has 24 N–H and O–H groups in total. The zero-order valence-electron chi connectivity index (χ0n) is 64.5. The number of nitrogens with one attached hydrogen (secondary N) is 13. The third-order valence-electron chi connectivity index (χ3n) is 18.2. The fourth-order valence-electron chi connectivity index (χ4n) is 12.0. The van der Waals surface area contributed by atoms with Gasteiger partial charge in [0.25, 0.3) is 0 Å². The second kappa shape index (κ2) is 47.7. The zero-order chi connectivity index (χ0) is 86.6. The van der Waals surface area contributed by atoms with E-state index < -0.39 is 261 Å². The number of nitrogen functional groups attached to an aromatic ring is 1. The molecule has 1 fully saturated rings. The van der Waals surface area contributed by atoms with E-state index in [2.05, 4.69) is 60.1 Å². The summed E-state index contributed by atoms with van der Waals surface area (Å²) in [6, 6.07) is -10.4. The van der Waals surface area contributed by atoms with E-state index in [1.165, 1.54) is 24.3 Å². The molecule has 13 atom stereocenters. The highest BCUT2D eigenvalue weighted by molar-refractivity contribution is 6.05. The van der Waals surface area contributed by atoms with Crippen LogP contribution in [0, 0.1) is 5.92 Å². The molecular weight excluding hydrogens is 1530 g/mol. The van der Waals surface area contributed by atoms with E-state index in [9.17, 15) is 121 Å². The van der Waals surface area contributed by atoms with Gasteiger partial charge in [-0.05, 0) is 69.3 Å². The number of ether oxygens (including phenoxy) is 1. The summed E-state index contributed by atoms with van der Waals surface area (Å²) in [6.45, 7) is 1.12. The highest BCUT2D eigenvalue weighted by Gasteiger charge is 2.41. The van der Waals surface area contributed by atoms with Crippen molar-refractivity contribution in [1.29, 1.82) is 0 Å². The second-order valence-corrected chi connectivity index (χ2v) is 27.7. The van der Waals surface area contributed by atoms with Crippen LogP contribution >= 0.6 is 0 Å². The van der Waals surface area contributed by atoms with Gasteiger partial charge in [0.1, 0.15) is 72.6 Å². The number of carboxylic acid groups (broad SMARTS) is 4. The first-order valence-electron chi connectivity index (χ1n) is 37.2. The molecule has 1 aromatic heterocycles. The quantitative estimate of drug-likeness (QED) is 0.0113. The number of carbonyl (C=O) groups is 20. The summed E-state index contributed by atoms with van der Waals surface area (Å²) >= 11 is 0. The highest BCUT2D eigenvalue weighted by Crippen LogP contribution is 2.23. The molecule has 636 valence electrons. The monoisotopic (exact) mass is 1630 g/mol. The molecule has 0 spiro atoms. The van der Waals surface area contributed by atoms with Crippen LogP contribution < -0.4 is 86.3 Å². The van der Waals surface area contributed by atoms with Gasteiger partial charge >= 0.3 is 29.8 Å². The maximum absolute atomic E-state index is 14.9. The summed E-state index contributed by atoms with van der Waals surface area (Å²) in [7, 11) is 1.74. The van der Waals surface area contributed by atoms with E-state index in [1.807, 2.05) is 16.0 Å². The first-order chi connectivity index (χ1) is 54.8. The van der Waals surface area contributed by atoms with Gasteiger partial charge in [-0.3, -0.25) is 91.1 Å². The number of nitrogens with two attached hydrogens (primary N) is 3. The summed E-state index contributed by atoms with van der Waals surface area (Å²) in [5.41, 5.74) is 18.2. The lowest BCUT2D eigenvalue weighted by Gasteiger charge is -2.30. The number of fused-ring (bicyclic) bond motifs is 1. The number of para-hydroxylation sites is 2. The molecule has 1 aliphatic rings. The SMILES string of the molecule is CCCCCCCCCC(=O)N[C@@H](Cc1cn(C)c2ccccc12)C(=O)N[C@H](CC(N)=O)C(=O)N[C@@H](CC(=O)O)C(=O)N[C@@H]1C(=O)NCC(=O)N[C@@H](CCCN)C(=O)N[C@@H](CC(=O)O)C(=O)N[C@H](C)C(=O)N[C@@H](CC(=O)O)C(=O)NCC(=O)N[C@H](CO)C(=O)N[C@@H](C(C)CC(=O)O)C(=O)N[C@@H](CC(=O)c2ccccc2N)C(=O)O[C@@H]1C. The molecular formula is C73H103N17O26. The molecule has 0 saturated carbocycles. The Balaban J connectivity index is 1.88. The second-order valence-electron chi connectivity index (χ2n) is 27.7. The minimum Gasteiger partial charge on any atom is -0.481 e. The van der Waals surface area contributed by atoms with E-state index in [4.69, 9.17) is 21.9 Å². The van der Waals surface area contributed by atoms with Crippen LogP contribution in [-0.4, -0.2) is 247 Å². The predicted molar refractivity (Wildman–Crippen MR) is 405 cm³/mol. The van der Waals surface area contributed by atoms with Crippen molar-refractivity contribution >= 4 is 135 Å². The Labute approximate surface area is 664 Å². The normalized spacial score (nSPS) is 21.1. The maximum atomic E-state index is 14.9. The average Bonchev–Trinajstić information content (AvgIpc) is 1.67. The van der Waals surface area contributed by atoms with Crippen LogP contribution in [0.4, 0.5) is 5.69 Å². The maximum Gasteiger partial charge on any atom is 0.329 e. The van der Waals surface area contributed by atoms with Crippen LogP contribution in [0.15, 0.2) is 54.7 Å². The number of carboxylic acids is 4. The molecule has 116 heavy (non-hydrogen) atoms. The molecule has 43 heteroatoms. The number of esters is 1. The molecule has 2 aromatic carbocycles. The number of hydrogen-bond donors (Lipinski definition) is 21. The van der Waals surface area contributed by atoms with Gasteiger partial charge in [-0.25, -0.2) is 4.79 Å². The van der Waals surface area contributed by atoms with Gasteiger partial charge in [0, 0.05) is 54.7 Å². The molecule has 43 nitrogen and oxygen atoms in total. The summed E-state index contributed by atoms with van der Waals surface area (Å²) in [5.74, 6) is -29.7. The number of aromatic nitrogens is 1. The predicted octanol–water partition coefficient (Wildman–Crippen LogP) is -5.61. The van der Waals surface area contributed by atoms with E-state index in [0.29, 0.717) is 23.8 Å². The number of aliphatic hydroxyl groups is 1. The van der Waals surface area contributed by atoms with Crippen LogP contribution in [0.3, 0.4) is 0 Å². The molecule has 1 aliphatic heterocycles.